The second kappa shape index (κ2) is 8.65. The predicted octanol–water partition coefficient (Wildman–Crippen LogP) is 4.64. The maximum absolute atomic E-state index is 13.0. The van der Waals surface area contributed by atoms with Crippen molar-refractivity contribution in [3.05, 3.63) is 56.1 Å². The molecule has 3 rings (SSSR count). The number of halogens is 3. The van der Waals surface area contributed by atoms with Gasteiger partial charge in [-0.3, -0.25) is 4.79 Å². The van der Waals surface area contributed by atoms with Crippen LogP contribution in [0.15, 0.2) is 47.4 Å². The van der Waals surface area contributed by atoms with Crippen molar-refractivity contribution in [2.75, 3.05) is 18.4 Å². The van der Waals surface area contributed by atoms with Gasteiger partial charge in [-0.2, -0.15) is 4.31 Å². The van der Waals surface area contributed by atoms with Gasteiger partial charge in [-0.1, -0.05) is 23.2 Å². The van der Waals surface area contributed by atoms with Crippen LogP contribution in [0.5, 0.6) is 0 Å². The highest BCUT2D eigenvalue weighted by molar-refractivity contribution is 14.1. The van der Waals surface area contributed by atoms with Crippen molar-refractivity contribution in [1.29, 1.82) is 0 Å². The van der Waals surface area contributed by atoms with Gasteiger partial charge in [0.25, 0.3) is 0 Å². The van der Waals surface area contributed by atoms with Crippen molar-refractivity contribution in [2.24, 2.45) is 5.92 Å². The molecule has 2 aromatic rings. The van der Waals surface area contributed by atoms with Gasteiger partial charge < -0.3 is 5.32 Å². The molecule has 144 valence electrons. The van der Waals surface area contributed by atoms with E-state index in [1.165, 1.54) is 22.5 Å². The van der Waals surface area contributed by atoms with E-state index in [1.54, 1.807) is 0 Å². The standard InChI is InChI=1S/C18H17Cl2IN2O3S/c19-13-3-8-16(20)17(10-13)27(25,26)23-9-1-2-12(11-23)18(24)22-15-6-4-14(21)5-7-15/h3-8,10,12H,1-2,9,11H2,(H,22,24). The number of piperidine rings is 1. The van der Waals surface area contributed by atoms with E-state index in [0.29, 0.717) is 30.1 Å². The molecule has 0 aliphatic carbocycles. The van der Waals surface area contributed by atoms with E-state index in [1.807, 2.05) is 24.3 Å². The van der Waals surface area contributed by atoms with Gasteiger partial charge in [0.15, 0.2) is 0 Å². The Bertz CT molecular complexity index is 952. The number of benzene rings is 2. The van der Waals surface area contributed by atoms with Gasteiger partial charge in [-0.25, -0.2) is 8.42 Å². The van der Waals surface area contributed by atoms with Crippen LogP contribution in [-0.4, -0.2) is 31.7 Å². The number of nitrogens with zero attached hydrogens (tertiary/aromatic N) is 1. The van der Waals surface area contributed by atoms with Crippen LogP contribution in [0, 0.1) is 9.49 Å². The third-order valence-corrected chi connectivity index (χ3v) is 7.68. The van der Waals surface area contributed by atoms with Crippen LogP contribution in [0.1, 0.15) is 12.8 Å². The number of rotatable bonds is 4. The lowest BCUT2D eigenvalue weighted by molar-refractivity contribution is -0.120. The third-order valence-electron chi connectivity index (χ3n) is 4.38. The summed E-state index contributed by atoms with van der Waals surface area (Å²) >= 11 is 14.2. The molecule has 0 saturated carbocycles. The topological polar surface area (TPSA) is 66.5 Å². The molecule has 0 spiro atoms. The zero-order valence-electron chi connectivity index (χ0n) is 14.2. The first kappa shape index (κ1) is 20.9. The Kier molecular flexibility index (Phi) is 6.68. The molecule has 1 fully saturated rings. The Morgan fingerprint density at radius 3 is 2.56 bits per heavy atom. The number of carbonyl (C=O) groups excluding carboxylic acids is 1. The zero-order chi connectivity index (χ0) is 19.6. The maximum atomic E-state index is 13.0. The molecular weight excluding hydrogens is 522 g/mol. The highest BCUT2D eigenvalue weighted by atomic mass is 127. The Hall–Kier alpha value is -0.870. The smallest absolute Gasteiger partial charge is 0.244 e. The summed E-state index contributed by atoms with van der Waals surface area (Å²) in [5, 5.41) is 3.27. The molecule has 1 atom stereocenters. The largest absolute Gasteiger partial charge is 0.326 e. The number of carbonyl (C=O) groups is 1. The van der Waals surface area contributed by atoms with Crippen LogP contribution in [0.3, 0.4) is 0 Å². The number of hydrogen-bond donors (Lipinski definition) is 1. The minimum Gasteiger partial charge on any atom is -0.326 e. The molecule has 1 N–H and O–H groups in total. The van der Waals surface area contributed by atoms with Crippen LogP contribution in [-0.2, 0) is 14.8 Å². The van der Waals surface area contributed by atoms with Crippen LogP contribution in [0.4, 0.5) is 5.69 Å². The molecule has 0 bridgehead atoms. The Morgan fingerprint density at radius 1 is 1.15 bits per heavy atom. The number of anilines is 1. The molecule has 1 aliphatic rings. The fourth-order valence-corrected chi connectivity index (χ4v) is 5.59. The van der Waals surface area contributed by atoms with E-state index in [2.05, 4.69) is 27.9 Å². The quantitative estimate of drug-likeness (QED) is 0.577. The minimum absolute atomic E-state index is 0.0321. The van der Waals surface area contributed by atoms with Crippen molar-refractivity contribution in [3.63, 3.8) is 0 Å². The van der Waals surface area contributed by atoms with Crippen molar-refractivity contribution < 1.29 is 13.2 Å². The van der Waals surface area contributed by atoms with Gasteiger partial charge in [0.1, 0.15) is 4.90 Å². The molecule has 5 nitrogen and oxygen atoms in total. The number of nitrogens with one attached hydrogen (secondary N) is 1. The molecule has 27 heavy (non-hydrogen) atoms. The lowest BCUT2D eigenvalue weighted by Crippen LogP contribution is -2.43. The molecule has 1 heterocycles. The predicted molar refractivity (Wildman–Crippen MR) is 116 cm³/mol. The first-order chi connectivity index (χ1) is 12.8. The third kappa shape index (κ3) is 4.95. The molecule has 2 aromatic carbocycles. The summed E-state index contributed by atoms with van der Waals surface area (Å²) in [6.45, 7) is 0.458. The minimum atomic E-state index is -3.82. The highest BCUT2D eigenvalue weighted by Gasteiger charge is 2.34. The highest BCUT2D eigenvalue weighted by Crippen LogP contribution is 2.30. The van der Waals surface area contributed by atoms with Gasteiger partial charge >= 0.3 is 0 Å². The van der Waals surface area contributed by atoms with E-state index >= 15 is 0 Å². The van der Waals surface area contributed by atoms with Gasteiger partial charge in [-0.15, -0.1) is 0 Å². The molecule has 1 saturated heterocycles. The second-order valence-electron chi connectivity index (χ2n) is 6.27. The normalized spacial score (nSPS) is 18.3. The first-order valence-corrected chi connectivity index (χ1v) is 11.6. The summed E-state index contributed by atoms with van der Waals surface area (Å²) in [5.74, 6) is -0.612. The summed E-state index contributed by atoms with van der Waals surface area (Å²) in [7, 11) is -3.82. The fourth-order valence-electron chi connectivity index (χ4n) is 2.97. The van der Waals surface area contributed by atoms with E-state index < -0.39 is 15.9 Å². The SMILES string of the molecule is O=C(Nc1ccc(I)cc1)C1CCCN(S(=O)(=O)c2cc(Cl)ccc2Cl)C1. The second-order valence-corrected chi connectivity index (χ2v) is 10.3. The van der Waals surface area contributed by atoms with E-state index in [9.17, 15) is 13.2 Å². The fraction of sp³-hybridized carbons (Fsp3) is 0.278. The monoisotopic (exact) mass is 538 g/mol. The molecule has 0 radical (unpaired) electrons. The summed E-state index contributed by atoms with van der Waals surface area (Å²) in [6.07, 6.45) is 1.23. The maximum Gasteiger partial charge on any atom is 0.244 e. The van der Waals surface area contributed by atoms with Crippen LogP contribution < -0.4 is 5.32 Å². The van der Waals surface area contributed by atoms with Crippen molar-refractivity contribution in [1.82, 2.24) is 4.31 Å². The molecule has 0 aromatic heterocycles. The van der Waals surface area contributed by atoms with Crippen LogP contribution in [0.25, 0.3) is 0 Å². The molecule has 1 unspecified atom stereocenters. The van der Waals surface area contributed by atoms with Crippen molar-refractivity contribution >= 4 is 67.4 Å². The van der Waals surface area contributed by atoms with E-state index in [4.69, 9.17) is 23.2 Å². The van der Waals surface area contributed by atoms with Crippen LogP contribution >= 0.6 is 45.8 Å². The molecule has 9 heteroatoms. The Morgan fingerprint density at radius 2 is 1.85 bits per heavy atom. The average Bonchev–Trinajstić information content (AvgIpc) is 2.65. The van der Waals surface area contributed by atoms with Crippen LogP contribution in [0.2, 0.25) is 10.0 Å². The first-order valence-electron chi connectivity index (χ1n) is 8.29. The molecule has 1 amide bonds. The summed E-state index contributed by atoms with van der Waals surface area (Å²) < 4.78 is 28.3. The van der Waals surface area contributed by atoms with Crippen molar-refractivity contribution in [3.8, 4) is 0 Å². The number of amides is 1. The molecule has 1 aliphatic heterocycles. The molecular formula is C18H17Cl2IN2O3S. The summed E-state index contributed by atoms with van der Waals surface area (Å²) in [6, 6.07) is 11.8. The lowest BCUT2D eigenvalue weighted by Gasteiger charge is -2.31. The van der Waals surface area contributed by atoms with Gasteiger partial charge in [0, 0.05) is 27.4 Å². The van der Waals surface area contributed by atoms with E-state index in [0.717, 1.165) is 3.57 Å². The Labute approximate surface area is 182 Å². The average molecular weight is 539 g/mol. The Balaban J connectivity index is 1.76. The van der Waals surface area contributed by atoms with Gasteiger partial charge in [-0.05, 0) is 77.9 Å². The lowest BCUT2D eigenvalue weighted by atomic mass is 9.99. The van der Waals surface area contributed by atoms with E-state index in [-0.39, 0.29) is 22.4 Å². The summed E-state index contributed by atoms with van der Waals surface area (Å²) in [5.41, 5.74) is 0.693. The van der Waals surface area contributed by atoms with Crippen molar-refractivity contribution in [2.45, 2.75) is 17.7 Å². The summed E-state index contributed by atoms with van der Waals surface area (Å²) in [4.78, 5) is 12.6. The van der Waals surface area contributed by atoms with Gasteiger partial charge in [0.05, 0.1) is 10.9 Å². The van der Waals surface area contributed by atoms with Gasteiger partial charge in [0.2, 0.25) is 15.9 Å². The number of sulfonamides is 1. The zero-order valence-corrected chi connectivity index (χ0v) is 18.6. The number of hydrogen-bond acceptors (Lipinski definition) is 3.